The van der Waals surface area contributed by atoms with Gasteiger partial charge in [0.15, 0.2) is 0 Å². The highest BCUT2D eigenvalue weighted by Crippen LogP contribution is 2.27. The van der Waals surface area contributed by atoms with Gasteiger partial charge in [-0.1, -0.05) is 22.9 Å². The van der Waals surface area contributed by atoms with E-state index in [1.807, 2.05) is 25.1 Å². The third-order valence-electron chi connectivity index (χ3n) is 2.72. The molecule has 0 unspecified atom stereocenters. The average molecular weight is 337 g/mol. The first-order chi connectivity index (χ1) is 9.62. The molecule has 0 radical (unpaired) electrons. The molecule has 0 amide bonds. The lowest BCUT2D eigenvalue weighted by Gasteiger charge is -2.10. The SMILES string of the molecule is CCCc1nc(NN)cc(Oc2ccc(Br)cc2C)n1. The van der Waals surface area contributed by atoms with Crippen molar-refractivity contribution < 1.29 is 4.74 Å². The van der Waals surface area contributed by atoms with Gasteiger partial charge in [-0.3, -0.25) is 0 Å². The Balaban J connectivity index is 2.29. The number of aromatic nitrogens is 2. The minimum absolute atomic E-state index is 0.488. The molecule has 0 bridgehead atoms. The van der Waals surface area contributed by atoms with Crippen LogP contribution in [0.4, 0.5) is 5.82 Å². The van der Waals surface area contributed by atoms with Crippen molar-refractivity contribution in [3.8, 4) is 11.6 Å². The predicted octanol–water partition coefficient (Wildman–Crippen LogP) is 3.58. The summed E-state index contributed by atoms with van der Waals surface area (Å²) in [5, 5.41) is 0. The van der Waals surface area contributed by atoms with Gasteiger partial charge in [0.2, 0.25) is 5.88 Å². The molecular formula is C14H17BrN4O. The molecule has 6 heteroatoms. The number of benzene rings is 1. The van der Waals surface area contributed by atoms with E-state index in [-0.39, 0.29) is 0 Å². The standard InChI is InChI=1S/C14H17BrN4O/c1-3-4-12-17-13(19-16)8-14(18-12)20-11-6-5-10(15)7-9(11)2/h5-8H,3-4,16H2,1-2H3,(H,17,18,19). The number of nitrogen functional groups attached to an aromatic ring is 1. The molecule has 0 atom stereocenters. The molecule has 1 aromatic carbocycles. The number of aryl methyl sites for hydroxylation is 2. The molecule has 0 saturated heterocycles. The minimum atomic E-state index is 0.488. The van der Waals surface area contributed by atoms with Gasteiger partial charge in [0.1, 0.15) is 17.4 Å². The second-order valence-corrected chi connectivity index (χ2v) is 5.33. The molecular weight excluding hydrogens is 320 g/mol. The number of hydrogen-bond acceptors (Lipinski definition) is 5. The molecule has 1 heterocycles. The Kier molecular flexibility index (Phi) is 4.92. The highest BCUT2D eigenvalue weighted by Gasteiger charge is 2.07. The van der Waals surface area contributed by atoms with Crippen molar-refractivity contribution in [3.05, 3.63) is 40.1 Å². The third kappa shape index (κ3) is 3.68. The first kappa shape index (κ1) is 14.7. The lowest BCUT2D eigenvalue weighted by molar-refractivity contribution is 0.455. The van der Waals surface area contributed by atoms with E-state index >= 15 is 0 Å². The summed E-state index contributed by atoms with van der Waals surface area (Å²) in [6.07, 6.45) is 1.75. The second-order valence-electron chi connectivity index (χ2n) is 4.41. The van der Waals surface area contributed by atoms with Crippen LogP contribution in [0.5, 0.6) is 11.6 Å². The van der Waals surface area contributed by atoms with Gasteiger partial charge in [0.05, 0.1) is 0 Å². The van der Waals surface area contributed by atoms with Gasteiger partial charge in [-0.05, 0) is 37.1 Å². The van der Waals surface area contributed by atoms with Gasteiger partial charge in [-0.2, -0.15) is 4.98 Å². The highest BCUT2D eigenvalue weighted by atomic mass is 79.9. The Labute approximate surface area is 126 Å². The number of nitrogens with two attached hydrogens (primary N) is 1. The van der Waals surface area contributed by atoms with Crippen LogP contribution in [0.3, 0.4) is 0 Å². The number of nitrogens with zero attached hydrogens (tertiary/aromatic N) is 2. The van der Waals surface area contributed by atoms with E-state index in [1.165, 1.54) is 0 Å². The number of ether oxygens (including phenoxy) is 1. The van der Waals surface area contributed by atoms with Crippen molar-refractivity contribution in [1.29, 1.82) is 0 Å². The van der Waals surface area contributed by atoms with E-state index in [4.69, 9.17) is 10.6 Å². The largest absolute Gasteiger partial charge is 0.439 e. The van der Waals surface area contributed by atoms with Crippen LogP contribution >= 0.6 is 15.9 Å². The van der Waals surface area contributed by atoms with Gasteiger partial charge >= 0.3 is 0 Å². The summed E-state index contributed by atoms with van der Waals surface area (Å²) in [6.45, 7) is 4.06. The van der Waals surface area contributed by atoms with Gasteiger partial charge in [-0.15, -0.1) is 0 Å². The molecule has 0 spiro atoms. The maximum absolute atomic E-state index is 5.83. The van der Waals surface area contributed by atoms with Crippen LogP contribution in [0.25, 0.3) is 0 Å². The highest BCUT2D eigenvalue weighted by molar-refractivity contribution is 9.10. The van der Waals surface area contributed by atoms with Crippen LogP contribution in [-0.2, 0) is 6.42 Å². The van der Waals surface area contributed by atoms with E-state index in [0.29, 0.717) is 17.5 Å². The van der Waals surface area contributed by atoms with Gasteiger partial charge in [-0.25, -0.2) is 10.8 Å². The van der Waals surface area contributed by atoms with Crippen molar-refractivity contribution in [3.63, 3.8) is 0 Å². The fourth-order valence-corrected chi connectivity index (χ4v) is 2.25. The zero-order valence-corrected chi connectivity index (χ0v) is 13.1. The molecule has 2 rings (SSSR count). The molecule has 0 aliphatic rings. The molecule has 2 aromatic rings. The Morgan fingerprint density at radius 1 is 1.30 bits per heavy atom. The monoisotopic (exact) mass is 336 g/mol. The predicted molar refractivity (Wildman–Crippen MR) is 82.8 cm³/mol. The molecule has 5 nitrogen and oxygen atoms in total. The van der Waals surface area contributed by atoms with Crippen LogP contribution in [-0.4, -0.2) is 9.97 Å². The Morgan fingerprint density at radius 2 is 2.10 bits per heavy atom. The normalized spacial score (nSPS) is 10.4. The maximum atomic E-state index is 5.83. The number of rotatable bonds is 5. The molecule has 1 aromatic heterocycles. The number of hydrogen-bond donors (Lipinski definition) is 2. The summed E-state index contributed by atoms with van der Waals surface area (Å²) < 4.78 is 6.84. The quantitative estimate of drug-likeness (QED) is 0.644. The smallest absolute Gasteiger partial charge is 0.224 e. The summed E-state index contributed by atoms with van der Waals surface area (Å²) in [6, 6.07) is 7.50. The molecule has 106 valence electrons. The van der Waals surface area contributed by atoms with Crippen LogP contribution < -0.4 is 16.0 Å². The molecule has 0 aliphatic carbocycles. The number of halogens is 1. The Hall–Kier alpha value is -1.66. The summed E-state index contributed by atoms with van der Waals surface area (Å²) in [7, 11) is 0. The van der Waals surface area contributed by atoms with Gasteiger partial charge < -0.3 is 10.2 Å². The average Bonchev–Trinajstić information content (AvgIpc) is 2.42. The zero-order valence-electron chi connectivity index (χ0n) is 11.5. The lowest BCUT2D eigenvalue weighted by atomic mass is 10.2. The van der Waals surface area contributed by atoms with Crippen molar-refractivity contribution in [1.82, 2.24) is 9.97 Å². The van der Waals surface area contributed by atoms with Crippen molar-refractivity contribution in [2.45, 2.75) is 26.7 Å². The van der Waals surface area contributed by atoms with E-state index in [0.717, 1.165) is 28.6 Å². The molecule has 0 aliphatic heterocycles. The Morgan fingerprint density at radius 3 is 2.75 bits per heavy atom. The molecule has 3 N–H and O–H groups in total. The van der Waals surface area contributed by atoms with Crippen LogP contribution in [0.1, 0.15) is 24.7 Å². The van der Waals surface area contributed by atoms with E-state index in [2.05, 4.69) is 38.2 Å². The van der Waals surface area contributed by atoms with Crippen LogP contribution in [0.2, 0.25) is 0 Å². The van der Waals surface area contributed by atoms with Crippen LogP contribution in [0.15, 0.2) is 28.7 Å². The molecule has 0 saturated carbocycles. The second kappa shape index (κ2) is 6.67. The molecule has 0 fully saturated rings. The maximum Gasteiger partial charge on any atom is 0.224 e. The topological polar surface area (TPSA) is 73.1 Å². The van der Waals surface area contributed by atoms with E-state index in [1.54, 1.807) is 6.07 Å². The van der Waals surface area contributed by atoms with Gasteiger partial charge in [0, 0.05) is 17.0 Å². The first-order valence-corrected chi connectivity index (χ1v) is 7.20. The summed E-state index contributed by atoms with van der Waals surface area (Å²) in [4.78, 5) is 8.67. The van der Waals surface area contributed by atoms with Crippen molar-refractivity contribution >= 4 is 21.7 Å². The number of anilines is 1. The van der Waals surface area contributed by atoms with E-state index < -0.39 is 0 Å². The summed E-state index contributed by atoms with van der Waals surface area (Å²) in [5.74, 6) is 7.94. The van der Waals surface area contributed by atoms with Crippen molar-refractivity contribution in [2.24, 2.45) is 5.84 Å². The lowest BCUT2D eigenvalue weighted by Crippen LogP contribution is -2.11. The van der Waals surface area contributed by atoms with Crippen LogP contribution in [0, 0.1) is 6.92 Å². The number of hydrazine groups is 1. The van der Waals surface area contributed by atoms with Crippen molar-refractivity contribution in [2.75, 3.05) is 5.43 Å². The Bertz CT molecular complexity index is 604. The third-order valence-corrected chi connectivity index (χ3v) is 3.22. The molecule has 20 heavy (non-hydrogen) atoms. The zero-order chi connectivity index (χ0) is 14.5. The number of nitrogens with one attached hydrogen (secondary N) is 1. The summed E-state index contributed by atoms with van der Waals surface area (Å²) in [5.41, 5.74) is 3.56. The first-order valence-electron chi connectivity index (χ1n) is 6.41. The fourth-order valence-electron chi connectivity index (χ4n) is 1.77. The van der Waals surface area contributed by atoms with Gasteiger partial charge in [0.25, 0.3) is 0 Å². The summed E-state index contributed by atoms with van der Waals surface area (Å²) >= 11 is 3.43. The fraction of sp³-hybridized carbons (Fsp3) is 0.286. The van der Waals surface area contributed by atoms with E-state index in [9.17, 15) is 0 Å². The minimum Gasteiger partial charge on any atom is -0.439 e.